The average molecular weight is 409 g/mol. The number of aliphatic carboxylic acids is 1. The molecule has 0 radical (unpaired) electrons. The van der Waals surface area contributed by atoms with Crippen molar-refractivity contribution in [2.24, 2.45) is 0 Å². The van der Waals surface area contributed by atoms with Crippen LogP contribution in [0.2, 0.25) is 0 Å². The molecular formula is C19H21BrO5. The van der Waals surface area contributed by atoms with Crippen LogP contribution in [-0.4, -0.2) is 35.4 Å². The molecule has 2 aromatic carbocycles. The van der Waals surface area contributed by atoms with Gasteiger partial charge in [-0.2, -0.15) is 0 Å². The number of hydrogen-bond acceptors (Lipinski definition) is 4. The minimum atomic E-state index is -0.841. The minimum Gasteiger partial charge on any atom is -0.494 e. The van der Waals surface area contributed by atoms with Gasteiger partial charge in [0.2, 0.25) is 0 Å². The quantitative estimate of drug-likeness (QED) is 0.357. The van der Waals surface area contributed by atoms with Crippen LogP contribution in [0.5, 0.6) is 11.5 Å². The number of fused-ring (bicyclic) bond motifs is 1. The smallest absolute Gasteiger partial charge is 0.303 e. The predicted molar refractivity (Wildman–Crippen MR) is 100 cm³/mol. The third-order valence-corrected chi connectivity index (χ3v) is 4.21. The van der Waals surface area contributed by atoms with E-state index in [-0.39, 0.29) is 12.2 Å². The zero-order chi connectivity index (χ0) is 18.2. The van der Waals surface area contributed by atoms with E-state index >= 15 is 0 Å². The summed E-state index contributed by atoms with van der Waals surface area (Å²) in [5.74, 6) is 0.274. The molecule has 0 atom stereocenters. The summed E-state index contributed by atoms with van der Waals surface area (Å²) in [4.78, 5) is 22.7. The van der Waals surface area contributed by atoms with Crippen LogP contribution in [0.25, 0.3) is 10.8 Å². The first kappa shape index (κ1) is 19.2. The van der Waals surface area contributed by atoms with Crippen molar-refractivity contribution in [2.75, 3.05) is 18.5 Å². The normalized spacial score (nSPS) is 10.6. The second-order valence-electron chi connectivity index (χ2n) is 5.61. The molecule has 0 aliphatic carbocycles. The topological polar surface area (TPSA) is 72.8 Å². The highest BCUT2D eigenvalue weighted by Gasteiger charge is 2.14. The van der Waals surface area contributed by atoms with Crippen molar-refractivity contribution in [3.05, 3.63) is 35.9 Å². The predicted octanol–water partition coefficient (Wildman–Crippen LogP) is 4.45. The first-order valence-electron chi connectivity index (χ1n) is 8.14. The van der Waals surface area contributed by atoms with E-state index in [1.54, 1.807) is 0 Å². The summed E-state index contributed by atoms with van der Waals surface area (Å²) in [7, 11) is 0. The molecule has 0 aliphatic rings. The average Bonchev–Trinajstić information content (AvgIpc) is 2.58. The van der Waals surface area contributed by atoms with Gasteiger partial charge < -0.3 is 14.6 Å². The first-order chi connectivity index (χ1) is 12.0. The molecule has 5 nitrogen and oxygen atoms in total. The van der Waals surface area contributed by atoms with Gasteiger partial charge in [0.25, 0.3) is 0 Å². The van der Waals surface area contributed by atoms with Gasteiger partial charge in [0.05, 0.1) is 18.8 Å². The van der Waals surface area contributed by atoms with E-state index in [9.17, 15) is 9.59 Å². The van der Waals surface area contributed by atoms with Crippen molar-refractivity contribution >= 4 is 38.5 Å². The number of carboxylic acid groups (broad SMARTS) is 1. The molecule has 6 heteroatoms. The van der Waals surface area contributed by atoms with Gasteiger partial charge in [-0.25, -0.2) is 0 Å². The van der Waals surface area contributed by atoms with Gasteiger partial charge in [0.1, 0.15) is 11.5 Å². The van der Waals surface area contributed by atoms with Gasteiger partial charge in [0.15, 0.2) is 5.78 Å². The fourth-order valence-corrected chi connectivity index (χ4v) is 2.73. The number of hydrogen-bond donors (Lipinski definition) is 1. The summed E-state index contributed by atoms with van der Waals surface area (Å²) in [5.41, 5.74) is 0.544. The fraction of sp³-hybridized carbons (Fsp3) is 0.368. The Morgan fingerprint density at radius 1 is 1.08 bits per heavy atom. The largest absolute Gasteiger partial charge is 0.494 e. The molecule has 0 saturated heterocycles. The van der Waals surface area contributed by atoms with E-state index in [4.69, 9.17) is 14.6 Å². The zero-order valence-electron chi connectivity index (χ0n) is 14.1. The highest BCUT2D eigenvalue weighted by atomic mass is 79.9. The first-order valence-corrected chi connectivity index (χ1v) is 9.26. The SMILES string of the molecule is CC(=O)c1c(OCCCBr)ccc2ccc(OCCCC(=O)O)cc12. The van der Waals surface area contributed by atoms with Crippen molar-refractivity contribution in [3.8, 4) is 11.5 Å². The van der Waals surface area contributed by atoms with Crippen LogP contribution in [-0.2, 0) is 4.79 Å². The molecule has 0 saturated carbocycles. The second kappa shape index (κ2) is 9.42. The lowest BCUT2D eigenvalue weighted by Gasteiger charge is -2.13. The lowest BCUT2D eigenvalue weighted by atomic mass is 10.0. The zero-order valence-corrected chi connectivity index (χ0v) is 15.7. The molecule has 2 aromatic rings. The van der Waals surface area contributed by atoms with Crippen molar-refractivity contribution < 1.29 is 24.2 Å². The third-order valence-electron chi connectivity index (χ3n) is 3.65. The van der Waals surface area contributed by atoms with Gasteiger partial charge in [-0.15, -0.1) is 0 Å². The molecule has 0 spiro atoms. The summed E-state index contributed by atoms with van der Waals surface area (Å²) in [5, 5.41) is 11.2. The van der Waals surface area contributed by atoms with Crippen molar-refractivity contribution in [2.45, 2.75) is 26.2 Å². The molecule has 0 heterocycles. The van der Waals surface area contributed by atoms with Crippen molar-refractivity contribution in [1.29, 1.82) is 0 Å². The number of carbonyl (C=O) groups excluding carboxylic acids is 1. The Morgan fingerprint density at radius 3 is 2.48 bits per heavy atom. The second-order valence-corrected chi connectivity index (χ2v) is 6.41. The van der Waals surface area contributed by atoms with Crippen molar-refractivity contribution in [1.82, 2.24) is 0 Å². The maximum Gasteiger partial charge on any atom is 0.303 e. The van der Waals surface area contributed by atoms with E-state index in [2.05, 4.69) is 15.9 Å². The number of ketones is 1. The Morgan fingerprint density at radius 2 is 1.80 bits per heavy atom. The Bertz CT molecular complexity index is 757. The minimum absolute atomic E-state index is 0.0672. The Balaban J connectivity index is 2.25. The van der Waals surface area contributed by atoms with E-state index in [1.165, 1.54) is 6.92 Å². The van der Waals surface area contributed by atoms with Gasteiger partial charge in [-0.1, -0.05) is 28.1 Å². The summed E-state index contributed by atoms with van der Waals surface area (Å²) >= 11 is 3.36. The number of benzene rings is 2. The molecule has 0 unspecified atom stereocenters. The van der Waals surface area contributed by atoms with Gasteiger partial charge in [-0.05, 0) is 48.7 Å². The Hall–Kier alpha value is -2.08. The monoisotopic (exact) mass is 408 g/mol. The van der Waals surface area contributed by atoms with Crippen LogP contribution >= 0.6 is 15.9 Å². The Kier molecular flexibility index (Phi) is 7.25. The van der Waals surface area contributed by atoms with Crippen LogP contribution in [0, 0.1) is 0 Å². The number of rotatable bonds is 10. The van der Waals surface area contributed by atoms with Gasteiger partial charge >= 0.3 is 5.97 Å². The summed E-state index contributed by atoms with van der Waals surface area (Å²) < 4.78 is 11.4. The number of alkyl halides is 1. The van der Waals surface area contributed by atoms with Gasteiger partial charge in [0, 0.05) is 11.8 Å². The lowest BCUT2D eigenvalue weighted by molar-refractivity contribution is -0.137. The number of halogens is 1. The van der Waals surface area contributed by atoms with Crippen LogP contribution in [0.4, 0.5) is 0 Å². The van der Waals surface area contributed by atoms with E-state index in [0.717, 1.165) is 22.5 Å². The summed E-state index contributed by atoms with van der Waals surface area (Å²) in [6.07, 6.45) is 1.35. The molecule has 2 rings (SSSR count). The number of ether oxygens (including phenoxy) is 2. The standard InChI is InChI=1S/C19H21BrO5/c1-13(21)19-16-12-15(24-10-2-4-18(22)23)7-5-14(16)6-8-17(19)25-11-3-9-20/h5-8,12H,2-4,9-11H2,1H3,(H,22,23). The summed E-state index contributed by atoms with van der Waals surface area (Å²) in [6.45, 7) is 2.36. The van der Waals surface area contributed by atoms with E-state index in [0.29, 0.717) is 36.7 Å². The number of carbonyl (C=O) groups is 2. The molecule has 0 fully saturated rings. The van der Waals surface area contributed by atoms with E-state index < -0.39 is 5.97 Å². The molecular weight excluding hydrogens is 388 g/mol. The number of carboxylic acids is 1. The third kappa shape index (κ3) is 5.46. The summed E-state index contributed by atoms with van der Waals surface area (Å²) in [6, 6.07) is 9.25. The van der Waals surface area contributed by atoms with Crippen LogP contribution in [0.1, 0.15) is 36.5 Å². The van der Waals surface area contributed by atoms with E-state index in [1.807, 2.05) is 30.3 Å². The maximum atomic E-state index is 12.2. The molecule has 0 aliphatic heterocycles. The highest BCUT2D eigenvalue weighted by molar-refractivity contribution is 9.09. The van der Waals surface area contributed by atoms with Crippen LogP contribution in [0.3, 0.4) is 0 Å². The molecule has 134 valence electrons. The molecule has 0 bridgehead atoms. The maximum absolute atomic E-state index is 12.2. The molecule has 0 aromatic heterocycles. The van der Waals surface area contributed by atoms with Crippen molar-refractivity contribution in [3.63, 3.8) is 0 Å². The number of Topliss-reactive ketones (excluding diaryl/α,β-unsaturated/α-hetero) is 1. The molecule has 0 amide bonds. The van der Waals surface area contributed by atoms with Crippen LogP contribution < -0.4 is 9.47 Å². The molecule has 25 heavy (non-hydrogen) atoms. The Labute approximate surface area is 155 Å². The fourth-order valence-electron chi connectivity index (χ4n) is 2.50. The lowest BCUT2D eigenvalue weighted by Crippen LogP contribution is -2.05. The molecule has 1 N–H and O–H groups in total. The highest BCUT2D eigenvalue weighted by Crippen LogP contribution is 2.31. The van der Waals surface area contributed by atoms with Crippen LogP contribution in [0.15, 0.2) is 30.3 Å². The van der Waals surface area contributed by atoms with Gasteiger partial charge in [-0.3, -0.25) is 9.59 Å².